The SMILES string of the molecule is COc1ccc(-c2cnn3c2CNCc2cc(F)ccc2-3)cc1. The van der Waals surface area contributed by atoms with Gasteiger partial charge >= 0.3 is 0 Å². The van der Waals surface area contributed by atoms with E-state index < -0.39 is 0 Å². The summed E-state index contributed by atoms with van der Waals surface area (Å²) in [4.78, 5) is 0. The van der Waals surface area contributed by atoms with E-state index in [0.29, 0.717) is 13.1 Å². The smallest absolute Gasteiger partial charge is 0.123 e. The fourth-order valence-corrected chi connectivity index (χ4v) is 2.98. The van der Waals surface area contributed by atoms with Gasteiger partial charge in [-0.25, -0.2) is 9.07 Å². The summed E-state index contributed by atoms with van der Waals surface area (Å²) in [6.07, 6.45) is 1.86. The molecule has 23 heavy (non-hydrogen) atoms. The summed E-state index contributed by atoms with van der Waals surface area (Å²) >= 11 is 0. The number of nitrogens with zero attached hydrogens (tertiary/aromatic N) is 2. The predicted molar refractivity (Wildman–Crippen MR) is 86.1 cm³/mol. The van der Waals surface area contributed by atoms with Crippen molar-refractivity contribution >= 4 is 0 Å². The van der Waals surface area contributed by atoms with E-state index >= 15 is 0 Å². The van der Waals surface area contributed by atoms with Crippen molar-refractivity contribution in [2.24, 2.45) is 0 Å². The Morgan fingerprint density at radius 1 is 1.13 bits per heavy atom. The highest BCUT2D eigenvalue weighted by Gasteiger charge is 2.19. The molecule has 3 aromatic rings. The molecule has 0 bridgehead atoms. The second kappa shape index (κ2) is 5.52. The maximum Gasteiger partial charge on any atom is 0.123 e. The number of nitrogens with one attached hydrogen (secondary N) is 1. The third kappa shape index (κ3) is 2.39. The first kappa shape index (κ1) is 14.0. The standard InChI is InChI=1S/C18H16FN3O/c1-23-15-5-2-12(3-6-15)16-10-21-22-17-7-4-14(19)8-13(17)9-20-11-18(16)22/h2-8,10,20H,9,11H2,1H3. The average Bonchev–Trinajstić information content (AvgIpc) is 2.90. The van der Waals surface area contributed by atoms with Gasteiger partial charge in [0.2, 0.25) is 0 Å². The summed E-state index contributed by atoms with van der Waals surface area (Å²) in [5.41, 5.74) is 5.05. The Labute approximate surface area is 133 Å². The Bertz CT molecular complexity index is 855. The van der Waals surface area contributed by atoms with E-state index in [1.54, 1.807) is 19.2 Å². The van der Waals surface area contributed by atoms with Gasteiger partial charge in [-0.15, -0.1) is 0 Å². The molecule has 0 atom stereocenters. The van der Waals surface area contributed by atoms with Crippen molar-refractivity contribution < 1.29 is 9.13 Å². The third-order valence-corrected chi connectivity index (χ3v) is 4.15. The molecule has 116 valence electrons. The van der Waals surface area contributed by atoms with Crippen LogP contribution in [0, 0.1) is 5.82 Å². The van der Waals surface area contributed by atoms with E-state index in [1.807, 2.05) is 35.1 Å². The van der Waals surface area contributed by atoms with E-state index in [1.165, 1.54) is 6.07 Å². The first-order chi connectivity index (χ1) is 11.3. The van der Waals surface area contributed by atoms with Gasteiger partial charge in [0.05, 0.1) is 24.7 Å². The van der Waals surface area contributed by atoms with Crippen LogP contribution in [0.4, 0.5) is 4.39 Å². The summed E-state index contributed by atoms with van der Waals surface area (Å²) < 4.78 is 20.6. The van der Waals surface area contributed by atoms with Crippen molar-refractivity contribution in [2.75, 3.05) is 7.11 Å². The summed E-state index contributed by atoms with van der Waals surface area (Å²) in [5, 5.41) is 7.88. The van der Waals surface area contributed by atoms with Crippen LogP contribution < -0.4 is 10.1 Å². The minimum absolute atomic E-state index is 0.225. The minimum Gasteiger partial charge on any atom is -0.497 e. The fraction of sp³-hybridized carbons (Fsp3) is 0.167. The molecule has 0 fully saturated rings. The first-order valence-corrected chi connectivity index (χ1v) is 7.47. The number of aromatic nitrogens is 2. The molecule has 2 aromatic carbocycles. The van der Waals surface area contributed by atoms with E-state index in [2.05, 4.69) is 10.4 Å². The van der Waals surface area contributed by atoms with Gasteiger partial charge in [-0.3, -0.25) is 0 Å². The zero-order valence-corrected chi connectivity index (χ0v) is 12.7. The Hall–Kier alpha value is -2.66. The van der Waals surface area contributed by atoms with Gasteiger partial charge in [0.1, 0.15) is 11.6 Å². The normalized spacial score (nSPS) is 13.1. The number of fused-ring (bicyclic) bond motifs is 3. The highest BCUT2D eigenvalue weighted by atomic mass is 19.1. The average molecular weight is 309 g/mol. The molecule has 2 heterocycles. The molecule has 0 saturated carbocycles. The lowest BCUT2D eigenvalue weighted by Crippen LogP contribution is -2.11. The maximum atomic E-state index is 13.5. The molecule has 1 aliphatic rings. The number of hydrogen-bond acceptors (Lipinski definition) is 3. The molecule has 1 aliphatic heterocycles. The Balaban J connectivity index is 1.83. The monoisotopic (exact) mass is 309 g/mol. The predicted octanol–water partition coefficient (Wildman–Crippen LogP) is 3.29. The number of benzene rings is 2. The molecule has 0 amide bonds. The van der Waals surface area contributed by atoms with Crippen LogP contribution in [-0.4, -0.2) is 16.9 Å². The zero-order chi connectivity index (χ0) is 15.8. The van der Waals surface area contributed by atoms with Crippen LogP contribution in [0.3, 0.4) is 0 Å². The van der Waals surface area contributed by atoms with Crippen molar-refractivity contribution in [1.29, 1.82) is 0 Å². The molecular formula is C18H16FN3O. The van der Waals surface area contributed by atoms with Crippen molar-refractivity contribution in [3.63, 3.8) is 0 Å². The quantitative estimate of drug-likeness (QED) is 0.789. The van der Waals surface area contributed by atoms with Crippen LogP contribution in [0.2, 0.25) is 0 Å². The van der Waals surface area contributed by atoms with Crippen LogP contribution >= 0.6 is 0 Å². The van der Waals surface area contributed by atoms with Crippen molar-refractivity contribution in [3.05, 3.63) is 65.7 Å². The number of methoxy groups -OCH3 is 1. The molecule has 0 spiro atoms. The van der Waals surface area contributed by atoms with Gasteiger partial charge in [0.25, 0.3) is 0 Å². The number of rotatable bonds is 2. The van der Waals surface area contributed by atoms with Gasteiger partial charge in [-0.1, -0.05) is 12.1 Å². The molecular weight excluding hydrogens is 293 g/mol. The van der Waals surface area contributed by atoms with Crippen molar-refractivity contribution in [1.82, 2.24) is 15.1 Å². The molecule has 0 aliphatic carbocycles. The van der Waals surface area contributed by atoms with Gasteiger partial charge in [-0.2, -0.15) is 5.10 Å². The summed E-state index contributed by atoms with van der Waals surface area (Å²) in [6, 6.07) is 12.7. The van der Waals surface area contributed by atoms with Crippen LogP contribution in [0.1, 0.15) is 11.3 Å². The van der Waals surface area contributed by atoms with Gasteiger partial charge in [0.15, 0.2) is 0 Å². The Morgan fingerprint density at radius 2 is 1.96 bits per heavy atom. The van der Waals surface area contributed by atoms with Crippen molar-refractivity contribution in [3.8, 4) is 22.6 Å². The first-order valence-electron chi connectivity index (χ1n) is 7.47. The molecule has 4 rings (SSSR count). The van der Waals surface area contributed by atoms with Crippen LogP contribution in [0.25, 0.3) is 16.8 Å². The molecule has 0 radical (unpaired) electrons. The van der Waals surface area contributed by atoms with Crippen LogP contribution in [0.5, 0.6) is 5.75 Å². The molecule has 0 unspecified atom stereocenters. The molecule has 1 N–H and O–H groups in total. The fourth-order valence-electron chi connectivity index (χ4n) is 2.98. The van der Waals surface area contributed by atoms with Crippen molar-refractivity contribution in [2.45, 2.75) is 13.1 Å². The summed E-state index contributed by atoms with van der Waals surface area (Å²) in [5.74, 6) is 0.600. The highest BCUT2D eigenvalue weighted by molar-refractivity contribution is 5.67. The van der Waals surface area contributed by atoms with Gasteiger partial charge in [0, 0.05) is 18.7 Å². The maximum absolute atomic E-state index is 13.5. The lowest BCUT2D eigenvalue weighted by Gasteiger charge is -2.08. The van der Waals surface area contributed by atoms with Gasteiger partial charge in [-0.05, 0) is 41.5 Å². The zero-order valence-electron chi connectivity index (χ0n) is 12.7. The van der Waals surface area contributed by atoms with Gasteiger partial charge < -0.3 is 10.1 Å². The van der Waals surface area contributed by atoms with Crippen LogP contribution in [0.15, 0.2) is 48.7 Å². The van der Waals surface area contributed by atoms with E-state index in [0.717, 1.165) is 33.8 Å². The second-order valence-electron chi connectivity index (χ2n) is 5.52. The molecule has 5 heteroatoms. The second-order valence-corrected chi connectivity index (χ2v) is 5.52. The van der Waals surface area contributed by atoms with E-state index in [-0.39, 0.29) is 5.82 Å². The minimum atomic E-state index is -0.225. The van der Waals surface area contributed by atoms with Crippen LogP contribution in [-0.2, 0) is 13.1 Å². The van der Waals surface area contributed by atoms with E-state index in [4.69, 9.17) is 4.74 Å². The molecule has 4 nitrogen and oxygen atoms in total. The number of halogens is 1. The molecule has 0 saturated heterocycles. The van der Waals surface area contributed by atoms with E-state index in [9.17, 15) is 4.39 Å². The lowest BCUT2D eigenvalue weighted by molar-refractivity contribution is 0.415. The Kier molecular flexibility index (Phi) is 3.35. The summed E-state index contributed by atoms with van der Waals surface area (Å²) in [6.45, 7) is 1.30. The number of hydrogen-bond donors (Lipinski definition) is 1. The highest BCUT2D eigenvalue weighted by Crippen LogP contribution is 2.30. The third-order valence-electron chi connectivity index (χ3n) is 4.15. The topological polar surface area (TPSA) is 39.1 Å². The lowest BCUT2D eigenvalue weighted by atomic mass is 10.1. The molecule has 1 aromatic heterocycles. The summed E-state index contributed by atoms with van der Waals surface area (Å²) in [7, 11) is 1.65. The number of ether oxygens (including phenoxy) is 1. The Morgan fingerprint density at radius 3 is 2.74 bits per heavy atom. The largest absolute Gasteiger partial charge is 0.497 e.